The maximum absolute atomic E-state index is 10.2. The first-order chi connectivity index (χ1) is 6.77. The van der Waals surface area contributed by atoms with E-state index in [4.69, 9.17) is 5.11 Å². The molecule has 0 aliphatic rings. The van der Waals surface area contributed by atoms with Crippen molar-refractivity contribution in [2.24, 2.45) is 0 Å². The molecule has 0 bridgehead atoms. The van der Waals surface area contributed by atoms with Gasteiger partial charge in [0.05, 0.1) is 0 Å². The van der Waals surface area contributed by atoms with Crippen molar-refractivity contribution in [2.75, 3.05) is 0 Å². The summed E-state index contributed by atoms with van der Waals surface area (Å²) >= 11 is 0. The van der Waals surface area contributed by atoms with E-state index in [1.54, 1.807) is 0 Å². The number of hydrogen-bond donors (Lipinski definition) is 1. The Balaban J connectivity index is 0. The van der Waals surface area contributed by atoms with Crippen LogP contribution < -0.4 is 0 Å². The molecule has 0 amide bonds. The van der Waals surface area contributed by atoms with E-state index in [0.717, 1.165) is 12.8 Å². The molecular formula is C12H24AuO2. The maximum atomic E-state index is 10.2. The van der Waals surface area contributed by atoms with E-state index in [1.807, 2.05) is 0 Å². The van der Waals surface area contributed by atoms with Gasteiger partial charge in [-0.3, -0.25) is 4.79 Å². The first-order valence-electron chi connectivity index (χ1n) is 5.99. The molecule has 3 heteroatoms. The summed E-state index contributed by atoms with van der Waals surface area (Å²) < 4.78 is 0. The number of carbonyl (C=O) groups is 1. The largest absolute Gasteiger partial charge is 0.481 e. The summed E-state index contributed by atoms with van der Waals surface area (Å²) in [6, 6.07) is 0. The zero-order chi connectivity index (χ0) is 10.6. The van der Waals surface area contributed by atoms with Gasteiger partial charge in [-0.2, -0.15) is 0 Å². The third-order valence-corrected chi connectivity index (χ3v) is 2.49. The zero-order valence-electron chi connectivity index (χ0n) is 9.73. The summed E-state index contributed by atoms with van der Waals surface area (Å²) in [4.78, 5) is 10.2. The number of aliphatic carboxylic acids is 1. The van der Waals surface area contributed by atoms with Gasteiger partial charge in [-0.05, 0) is 6.42 Å². The molecule has 0 spiro atoms. The molecule has 0 fully saturated rings. The molecule has 0 heterocycles. The molecule has 0 atom stereocenters. The number of hydrogen-bond acceptors (Lipinski definition) is 1. The van der Waals surface area contributed by atoms with E-state index >= 15 is 0 Å². The molecule has 0 aliphatic carbocycles. The SMILES string of the molecule is CCCCCCCCCCCC(=O)O.[Au]. The van der Waals surface area contributed by atoms with Crippen LogP contribution in [0.3, 0.4) is 0 Å². The van der Waals surface area contributed by atoms with Crippen LogP contribution in [0.1, 0.15) is 71.1 Å². The van der Waals surface area contributed by atoms with Crippen molar-refractivity contribution >= 4 is 5.97 Å². The Kier molecular flexibility index (Phi) is 16.7. The molecule has 15 heavy (non-hydrogen) atoms. The van der Waals surface area contributed by atoms with Gasteiger partial charge < -0.3 is 5.11 Å². The Hall–Kier alpha value is 0.210. The molecule has 0 aliphatic heterocycles. The number of carboxylic acid groups (broad SMARTS) is 1. The first kappa shape index (κ1) is 17.6. The van der Waals surface area contributed by atoms with Gasteiger partial charge in [0.1, 0.15) is 0 Å². The van der Waals surface area contributed by atoms with Crippen molar-refractivity contribution in [2.45, 2.75) is 71.1 Å². The molecule has 1 radical (unpaired) electrons. The Morgan fingerprint density at radius 1 is 0.867 bits per heavy atom. The van der Waals surface area contributed by atoms with Crippen LogP contribution in [-0.2, 0) is 27.2 Å². The monoisotopic (exact) mass is 397 g/mol. The van der Waals surface area contributed by atoms with Gasteiger partial charge in [0, 0.05) is 28.8 Å². The van der Waals surface area contributed by atoms with Gasteiger partial charge in [0.2, 0.25) is 0 Å². The van der Waals surface area contributed by atoms with Crippen molar-refractivity contribution in [3.63, 3.8) is 0 Å². The summed E-state index contributed by atoms with van der Waals surface area (Å²) in [7, 11) is 0. The number of unbranched alkanes of at least 4 members (excludes halogenated alkanes) is 8. The zero-order valence-corrected chi connectivity index (χ0v) is 11.9. The minimum atomic E-state index is -0.659. The Labute approximate surface area is 109 Å². The molecule has 0 aromatic heterocycles. The summed E-state index contributed by atoms with van der Waals surface area (Å²) in [6.45, 7) is 2.23. The van der Waals surface area contributed by atoms with Gasteiger partial charge in [-0.15, -0.1) is 0 Å². The fourth-order valence-corrected chi connectivity index (χ4v) is 1.59. The predicted molar refractivity (Wildman–Crippen MR) is 59.5 cm³/mol. The van der Waals surface area contributed by atoms with E-state index < -0.39 is 5.97 Å². The minimum absolute atomic E-state index is 0. The third-order valence-electron chi connectivity index (χ3n) is 2.49. The second-order valence-corrected chi connectivity index (χ2v) is 3.97. The smallest absolute Gasteiger partial charge is 0.303 e. The molecule has 0 saturated heterocycles. The van der Waals surface area contributed by atoms with Crippen LogP contribution in [0.4, 0.5) is 0 Å². The van der Waals surface area contributed by atoms with Crippen LogP contribution >= 0.6 is 0 Å². The molecule has 2 nitrogen and oxygen atoms in total. The van der Waals surface area contributed by atoms with Crippen LogP contribution in [0.25, 0.3) is 0 Å². The molecule has 0 rings (SSSR count). The molecule has 0 aromatic carbocycles. The quantitative estimate of drug-likeness (QED) is 0.447. The van der Waals surface area contributed by atoms with Crippen molar-refractivity contribution in [3.05, 3.63) is 0 Å². The topological polar surface area (TPSA) is 37.3 Å². The standard InChI is InChI=1S/C12H24O2.Au/c1-2-3-4-5-6-7-8-9-10-11-12(13)14;/h2-11H2,1H3,(H,13,14);. The molecule has 0 aromatic rings. The predicted octanol–water partition coefficient (Wildman–Crippen LogP) is 3.99. The van der Waals surface area contributed by atoms with Gasteiger partial charge in [0.25, 0.3) is 0 Å². The summed E-state index contributed by atoms with van der Waals surface area (Å²) in [5.41, 5.74) is 0. The van der Waals surface area contributed by atoms with E-state index in [1.165, 1.54) is 44.9 Å². The van der Waals surface area contributed by atoms with E-state index in [-0.39, 0.29) is 22.4 Å². The normalized spacial score (nSPS) is 9.67. The number of rotatable bonds is 10. The van der Waals surface area contributed by atoms with Gasteiger partial charge >= 0.3 is 5.97 Å². The third kappa shape index (κ3) is 16.9. The fraction of sp³-hybridized carbons (Fsp3) is 0.917. The molecular weight excluding hydrogens is 373 g/mol. The summed E-state index contributed by atoms with van der Waals surface area (Å²) in [5, 5.41) is 8.41. The van der Waals surface area contributed by atoms with Crippen LogP contribution in [0.5, 0.6) is 0 Å². The second kappa shape index (κ2) is 14.2. The molecule has 0 unspecified atom stereocenters. The molecule has 0 saturated carbocycles. The van der Waals surface area contributed by atoms with Crippen LogP contribution in [-0.4, -0.2) is 11.1 Å². The summed E-state index contributed by atoms with van der Waals surface area (Å²) in [5.74, 6) is -0.659. The molecule has 95 valence electrons. The fourth-order valence-electron chi connectivity index (χ4n) is 1.59. The van der Waals surface area contributed by atoms with Gasteiger partial charge in [-0.1, -0.05) is 58.3 Å². The Bertz CT molecular complexity index is 138. The van der Waals surface area contributed by atoms with Crippen molar-refractivity contribution in [3.8, 4) is 0 Å². The average Bonchev–Trinajstić information content (AvgIpc) is 2.15. The minimum Gasteiger partial charge on any atom is -0.481 e. The van der Waals surface area contributed by atoms with E-state index in [2.05, 4.69) is 6.92 Å². The Morgan fingerprint density at radius 3 is 1.67 bits per heavy atom. The van der Waals surface area contributed by atoms with Crippen molar-refractivity contribution in [1.29, 1.82) is 0 Å². The van der Waals surface area contributed by atoms with Gasteiger partial charge in [-0.25, -0.2) is 0 Å². The van der Waals surface area contributed by atoms with E-state index in [0.29, 0.717) is 6.42 Å². The van der Waals surface area contributed by atoms with E-state index in [9.17, 15) is 4.79 Å². The van der Waals surface area contributed by atoms with Crippen molar-refractivity contribution in [1.82, 2.24) is 0 Å². The average molecular weight is 397 g/mol. The van der Waals surface area contributed by atoms with Crippen LogP contribution in [0.2, 0.25) is 0 Å². The van der Waals surface area contributed by atoms with Gasteiger partial charge in [0.15, 0.2) is 0 Å². The number of carboxylic acids is 1. The maximum Gasteiger partial charge on any atom is 0.303 e. The van der Waals surface area contributed by atoms with Crippen LogP contribution in [0.15, 0.2) is 0 Å². The van der Waals surface area contributed by atoms with Crippen LogP contribution in [0, 0.1) is 0 Å². The first-order valence-corrected chi connectivity index (χ1v) is 5.99. The van der Waals surface area contributed by atoms with Crippen molar-refractivity contribution < 1.29 is 32.3 Å². The summed E-state index contributed by atoms with van der Waals surface area (Å²) in [6.07, 6.45) is 11.5. The Morgan fingerprint density at radius 2 is 1.27 bits per heavy atom. The molecule has 1 N–H and O–H groups in total. The second-order valence-electron chi connectivity index (χ2n) is 3.97.